The van der Waals surface area contributed by atoms with Crippen molar-refractivity contribution in [3.8, 4) is 17.1 Å². The number of pyridine rings is 1. The van der Waals surface area contributed by atoms with E-state index in [9.17, 15) is 4.79 Å². The molecule has 0 radical (unpaired) electrons. The third-order valence-electron chi connectivity index (χ3n) is 5.59. The highest BCUT2D eigenvalue weighted by Gasteiger charge is 2.36. The van der Waals surface area contributed by atoms with Crippen molar-refractivity contribution in [2.75, 3.05) is 6.54 Å². The standard InChI is InChI=1S/C22H20ClN7O2/c1-13-5-6-16(30-25-9-10-26-30)15(12-13)22(31)29-11-3-4-17(29)21-27-20(28-32-21)18-14(2)7-8-24-19(18)23/h5-10,12,17H,3-4,11H2,1-2H3/t17-/m0/s1. The van der Waals surface area contributed by atoms with E-state index >= 15 is 0 Å². The van der Waals surface area contributed by atoms with Crippen molar-refractivity contribution >= 4 is 17.5 Å². The molecule has 0 unspecified atom stereocenters. The molecule has 3 aromatic heterocycles. The first-order valence-corrected chi connectivity index (χ1v) is 10.6. The van der Waals surface area contributed by atoms with E-state index in [2.05, 4.69) is 25.3 Å². The number of hydrogen-bond acceptors (Lipinski definition) is 7. The van der Waals surface area contributed by atoms with Crippen LogP contribution in [0.1, 0.15) is 46.3 Å². The van der Waals surface area contributed by atoms with E-state index in [-0.39, 0.29) is 11.9 Å². The molecule has 4 aromatic rings. The summed E-state index contributed by atoms with van der Waals surface area (Å²) in [7, 11) is 0. The SMILES string of the molecule is Cc1ccc(-n2nccn2)c(C(=O)N2CCC[C@H]2c2nc(-c3c(C)ccnc3Cl)no2)c1. The average molecular weight is 450 g/mol. The summed E-state index contributed by atoms with van der Waals surface area (Å²) in [5.41, 5.74) is 3.65. The van der Waals surface area contributed by atoms with E-state index in [0.29, 0.717) is 40.2 Å². The lowest BCUT2D eigenvalue weighted by Crippen LogP contribution is -2.31. The molecule has 0 N–H and O–H groups in total. The molecule has 1 aromatic carbocycles. The van der Waals surface area contributed by atoms with Crippen LogP contribution in [-0.4, -0.2) is 47.5 Å². The number of halogens is 1. The number of benzene rings is 1. The zero-order valence-electron chi connectivity index (χ0n) is 17.6. The molecule has 0 saturated carbocycles. The number of rotatable bonds is 4. The van der Waals surface area contributed by atoms with Crippen molar-refractivity contribution in [1.82, 2.24) is 35.0 Å². The van der Waals surface area contributed by atoms with Gasteiger partial charge in [-0.3, -0.25) is 4.79 Å². The lowest BCUT2D eigenvalue weighted by molar-refractivity contribution is 0.0709. The van der Waals surface area contributed by atoms with Crippen LogP contribution in [0.4, 0.5) is 0 Å². The summed E-state index contributed by atoms with van der Waals surface area (Å²) in [6.07, 6.45) is 6.36. The summed E-state index contributed by atoms with van der Waals surface area (Å²) < 4.78 is 5.58. The maximum Gasteiger partial charge on any atom is 0.256 e. The van der Waals surface area contributed by atoms with Gasteiger partial charge in [0.25, 0.3) is 5.91 Å². The molecular formula is C22H20ClN7O2. The highest BCUT2D eigenvalue weighted by molar-refractivity contribution is 6.32. The van der Waals surface area contributed by atoms with Crippen LogP contribution in [0.15, 0.2) is 47.4 Å². The van der Waals surface area contributed by atoms with Crippen LogP contribution in [0.3, 0.4) is 0 Å². The Morgan fingerprint density at radius 3 is 2.75 bits per heavy atom. The summed E-state index contributed by atoms with van der Waals surface area (Å²) in [5, 5.41) is 12.8. The Morgan fingerprint density at radius 2 is 1.97 bits per heavy atom. The molecule has 5 rings (SSSR count). The van der Waals surface area contributed by atoms with Crippen molar-refractivity contribution in [2.24, 2.45) is 0 Å². The van der Waals surface area contributed by atoms with E-state index < -0.39 is 0 Å². The van der Waals surface area contributed by atoms with Gasteiger partial charge in [0.05, 0.1) is 29.2 Å². The molecule has 0 bridgehead atoms. The number of nitrogens with zero attached hydrogens (tertiary/aromatic N) is 7. The van der Waals surface area contributed by atoms with Gasteiger partial charge in [-0.05, 0) is 50.5 Å². The van der Waals surface area contributed by atoms with Gasteiger partial charge in [-0.25, -0.2) is 4.98 Å². The minimum absolute atomic E-state index is 0.126. The number of amides is 1. The van der Waals surface area contributed by atoms with Gasteiger partial charge in [0, 0.05) is 12.7 Å². The first-order valence-electron chi connectivity index (χ1n) is 10.3. The van der Waals surface area contributed by atoms with Crippen LogP contribution >= 0.6 is 11.6 Å². The van der Waals surface area contributed by atoms with Gasteiger partial charge in [-0.15, -0.1) is 0 Å². The number of likely N-dealkylation sites (tertiary alicyclic amines) is 1. The summed E-state index contributed by atoms with van der Waals surface area (Å²) >= 11 is 6.26. The lowest BCUT2D eigenvalue weighted by Gasteiger charge is -2.23. The summed E-state index contributed by atoms with van der Waals surface area (Å²) in [6.45, 7) is 4.45. The molecule has 4 heterocycles. The van der Waals surface area contributed by atoms with Gasteiger partial charge < -0.3 is 9.42 Å². The van der Waals surface area contributed by atoms with Crippen LogP contribution in [0.5, 0.6) is 0 Å². The fourth-order valence-corrected chi connectivity index (χ4v) is 4.31. The van der Waals surface area contributed by atoms with Gasteiger partial charge in [-0.2, -0.15) is 20.0 Å². The van der Waals surface area contributed by atoms with Crippen LogP contribution in [0.25, 0.3) is 17.1 Å². The maximum absolute atomic E-state index is 13.6. The average Bonchev–Trinajstić information content (AvgIpc) is 3.54. The third-order valence-corrected chi connectivity index (χ3v) is 5.88. The molecule has 1 saturated heterocycles. The van der Waals surface area contributed by atoms with Crippen molar-refractivity contribution in [2.45, 2.75) is 32.7 Å². The van der Waals surface area contributed by atoms with Crippen molar-refractivity contribution in [1.29, 1.82) is 0 Å². The summed E-state index contributed by atoms with van der Waals surface area (Å²) in [5.74, 6) is 0.627. The summed E-state index contributed by atoms with van der Waals surface area (Å²) in [4.78, 5) is 25.5. The fraction of sp³-hybridized carbons (Fsp3) is 0.273. The second-order valence-corrected chi connectivity index (χ2v) is 8.10. The van der Waals surface area contributed by atoms with E-state index in [4.69, 9.17) is 16.1 Å². The van der Waals surface area contributed by atoms with Gasteiger partial charge in [0.15, 0.2) is 0 Å². The highest BCUT2D eigenvalue weighted by Crippen LogP contribution is 2.35. The zero-order chi connectivity index (χ0) is 22.2. The molecule has 1 aliphatic rings. The van der Waals surface area contributed by atoms with Crippen LogP contribution < -0.4 is 0 Å². The largest absolute Gasteiger partial charge is 0.337 e. The van der Waals surface area contributed by atoms with Gasteiger partial charge in [0.2, 0.25) is 11.7 Å². The first kappa shape index (κ1) is 20.3. The number of carbonyl (C=O) groups is 1. The predicted molar refractivity (Wildman–Crippen MR) is 116 cm³/mol. The Morgan fingerprint density at radius 1 is 1.16 bits per heavy atom. The van der Waals surface area contributed by atoms with Gasteiger partial charge in [-0.1, -0.05) is 28.4 Å². The van der Waals surface area contributed by atoms with Crippen molar-refractivity contribution in [3.63, 3.8) is 0 Å². The topological polar surface area (TPSA) is 103 Å². The highest BCUT2D eigenvalue weighted by atomic mass is 35.5. The quantitative estimate of drug-likeness (QED) is 0.434. The smallest absolute Gasteiger partial charge is 0.256 e. The Hall–Kier alpha value is -3.59. The molecule has 162 valence electrons. The Kier molecular flexibility index (Phi) is 5.18. The lowest BCUT2D eigenvalue weighted by atomic mass is 10.1. The minimum atomic E-state index is -0.321. The molecule has 1 fully saturated rings. The maximum atomic E-state index is 13.6. The van der Waals surface area contributed by atoms with E-state index in [1.165, 1.54) is 4.80 Å². The Bertz CT molecular complexity index is 1270. The molecular weight excluding hydrogens is 430 g/mol. The normalized spacial score (nSPS) is 16.0. The number of aromatic nitrogens is 6. The predicted octanol–water partition coefficient (Wildman–Crippen LogP) is 3.96. The van der Waals surface area contributed by atoms with Crippen LogP contribution in [0.2, 0.25) is 5.15 Å². The summed E-state index contributed by atoms with van der Waals surface area (Å²) in [6, 6.07) is 7.16. The number of carbonyl (C=O) groups excluding carboxylic acids is 1. The van der Waals surface area contributed by atoms with E-state index in [0.717, 1.165) is 24.0 Å². The molecule has 32 heavy (non-hydrogen) atoms. The monoisotopic (exact) mass is 449 g/mol. The molecule has 1 amide bonds. The second-order valence-electron chi connectivity index (χ2n) is 7.75. The van der Waals surface area contributed by atoms with E-state index in [1.807, 2.05) is 38.1 Å². The van der Waals surface area contributed by atoms with Crippen molar-refractivity contribution < 1.29 is 9.32 Å². The molecule has 1 aliphatic heterocycles. The molecule has 0 aliphatic carbocycles. The molecule has 9 nitrogen and oxygen atoms in total. The fourth-order valence-electron chi connectivity index (χ4n) is 4.02. The minimum Gasteiger partial charge on any atom is -0.337 e. The number of hydrogen-bond donors (Lipinski definition) is 0. The van der Waals surface area contributed by atoms with Crippen LogP contribution in [0, 0.1) is 13.8 Å². The molecule has 0 spiro atoms. The molecule has 1 atom stereocenters. The Labute approximate surface area is 189 Å². The van der Waals surface area contributed by atoms with Crippen LogP contribution in [-0.2, 0) is 0 Å². The number of aryl methyl sites for hydroxylation is 2. The molecule has 10 heteroatoms. The second kappa shape index (κ2) is 8.16. The van der Waals surface area contributed by atoms with Gasteiger partial charge in [0.1, 0.15) is 11.2 Å². The van der Waals surface area contributed by atoms with Crippen molar-refractivity contribution in [3.05, 3.63) is 70.6 Å². The van der Waals surface area contributed by atoms with E-state index in [1.54, 1.807) is 23.5 Å². The zero-order valence-corrected chi connectivity index (χ0v) is 18.3. The first-order chi connectivity index (χ1) is 15.5. The Balaban J connectivity index is 1.49. The van der Waals surface area contributed by atoms with Gasteiger partial charge >= 0.3 is 0 Å². The third kappa shape index (κ3) is 3.54.